The predicted octanol–water partition coefficient (Wildman–Crippen LogP) is 0.950. The highest BCUT2D eigenvalue weighted by Gasteiger charge is 2.35. The summed E-state index contributed by atoms with van der Waals surface area (Å²) in [4.78, 5) is 13.6. The summed E-state index contributed by atoms with van der Waals surface area (Å²) in [6, 6.07) is -0.0911. The van der Waals surface area contributed by atoms with Crippen LogP contribution in [0.15, 0.2) is 0 Å². The van der Waals surface area contributed by atoms with Crippen molar-refractivity contribution in [1.29, 1.82) is 0 Å². The van der Waals surface area contributed by atoms with Crippen LogP contribution in [0, 0.1) is 0 Å². The van der Waals surface area contributed by atoms with Crippen molar-refractivity contribution >= 4 is 31.7 Å². The van der Waals surface area contributed by atoms with Crippen LogP contribution in [0.5, 0.6) is 0 Å². The van der Waals surface area contributed by atoms with Gasteiger partial charge in [0.05, 0.1) is 16.3 Å². The van der Waals surface area contributed by atoms with Gasteiger partial charge in [-0.05, 0) is 25.7 Å². The van der Waals surface area contributed by atoms with Crippen LogP contribution in [0.4, 0.5) is 0 Å². The Labute approximate surface area is 104 Å². The average Bonchev–Trinajstić information content (AvgIpc) is 2.20. The minimum Gasteiger partial charge on any atom is -0.338 e. The molecule has 0 bridgehead atoms. The van der Waals surface area contributed by atoms with Gasteiger partial charge in [0.15, 0.2) is 9.84 Å². The first kappa shape index (κ1) is 12.4. The molecule has 0 saturated carbocycles. The lowest BCUT2D eigenvalue weighted by atomic mass is 10.1. The molecule has 16 heavy (non-hydrogen) atoms. The number of sulfone groups is 1. The summed E-state index contributed by atoms with van der Waals surface area (Å²) in [7, 11) is -2.93. The van der Waals surface area contributed by atoms with Crippen molar-refractivity contribution in [2.45, 2.75) is 36.6 Å². The molecule has 2 unspecified atom stereocenters. The molecule has 0 aromatic rings. The number of likely N-dealkylation sites (tertiary alicyclic amines) is 1. The number of hydrogen-bond acceptors (Lipinski definition) is 3. The lowest BCUT2D eigenvalue weighted by molar-refractivity contribution is -0.134. The second kappa shape index (κ2) is 4.64. The molecule has 0 radical (unpaired) electrons. The standard InChI is InChI=1S/C10H16BrNO3S/c11-9-4-1-5-12(10(9)13)8-3-2-6-16(14,15)7-8/h8-9H,1-7H2. The molecule has 0 aliphatic carbocycles. The fourth-order valence-corrected chi connectivity index (χ4v) is 4.75. The monoisotopic (exact) mass is 309 g/mol. The van der Waals surface area contributed by atoms with Gasteiger partial charge in [-0.1, -0.05) is 15.9 Å². The summed E-state index contributed by atoms with van der Waals surface area (Å²) >= 11 is 3.35. The van der Waals surface area contributed by atoms with Crippen molar-refractivity contribution in [3.05, 3.63) is 0 Å². The van der Waals surface area contributed by atoms with E-state index < -0.39 is 9.84 Å². The number of halogens is 1. The summed E-state index contributed by atoms with van der Waals surface area (Å²) in [5.41, 5.74) is 0. The second-order valence-electron chi connectivity index (χ2n) is 4.55. The molecule has 0 spiro atoms. The zero-order valence-electron chi connectivity index (χ0n) is 9.06. The number of rotatable bonds is 1. The summed E-state index contributed by atoms with van der Waals surface area (Å²) in [6.45, 7) is 0.709. The molecule has 2 heterocycles. The summed E-state index contributed by atoms with van der Waals surface area (Å²) < 4.78 is 23.1. The van der Waals surface area contributed by atoms with Gasteiger partial charge in [0.25, 0.3) is 0 Å². The van der Waals surface area contributed by atoms with Gasteiger partial charge >= 0.3 is 0 Å². The van der Waals surface area contributed by atoms with Gasteiger partial charge in [-0.15, -0.1) is 0 Å². The van der Waals surface area contributed by atoms with Crippen LogP contribution < -0.4 is 0 Å². The molecule has 2 atom stereocenters. The van der Waals surface area contributed by atoms with Crippen molar-refractivity contribution < 1.29 is 13.2 Å². The molecule has 6 heteroatoms. The molecule has 4 nitrogen and oxygen atoms in total. The Kier molecular flexibility index (Phi) is 3.59. The number of amides is 1. The van der Waals surface area contributed by atoms with E-state index in [0.29, 0.717) is 13.0 Å². The second-order valence-corrected chi connectivity index (χ2v) is 7.89. The third kappa shape index (κ3) is 2.59. The van der Waals surface area contributed by atoms with Crippen molar-refractivity contribution in [3.8, 4) is 0 Å². The highest BCUT2D eigenvalue weighted by molar-refractivity contribution is 9.10. The maximum atomic E-state index is 11.9. The first-order valence-electron chi connectivity index (χ1n) is 5.64. The van der Waals surface area contributed by atoms with Crippen molar-refractivity contribution in [2.75, 3.05) is 18.1 Å². The lowest BCUT2D eigenvalue weighted by Crippen LogP contribution is -2.51. The van der Waals surface area contributed by atoms with Gasteiger partial charge in [0.1, 0.15) is 0 Å². The molecule has 1 amide bonds. The maximum absolute atomic E-state index is 11.9. The topological polar surface area (TPSA) is 54.5 Å². The van der Waals surface area contributed by atoms with E-state index in [9.17, 15) is 13.2 Å². The van der Waals surface area contributed by atoms with E-state index in [1.54, 1.807) is 4.90 Å². The first-order chi connectivity index (χ1) is 7.49. The molecule has 92 valence electrons. The maximum Gasteiger partial charge on any atom is 0.236 e. The fourth-order valence-electron chi connectivity index (χ4n) is 2.46. The molecule has 2 rings (SSSR count). The van der Waals surface area contributed by atoms with Crippen LogP contribution in [0.1, 0.15) is 25.7 Å². The van der Waals surface area contributed by atoms with Gasteiger partial charge in [-0.3, -0.25) is 4.79 Å². The highest BCUT2D eigenvalue weighted by atomic mass is 79.9. The van der Waals surface area contributed by atoms with E-state index >= 15 is 0 Å². The molecular formula is C10H16BrNO3S. The Balaban J connectivity index is 2.09. The Morgan fingerprint density at radius 3 is 2.69 bits per heavy atom. The summed E-state index contributed by atoms with van der Waals surface area (Å²) in [5, 5.41) is 0. The van der Waals surface area contributed by atoms with Gasteiger partial charge in [0.2, 0.25) is 5.91 Å². The van der Waals surface area contributed by atoms with E-state index in [2.05, 4.69) is 15.9 Å². The van der Waals surface area contributed by atoms with Gasteiger partial charge in [0, 0.05) is 12.6 Å². The first-order valence-corrected chi connectivity index (χ1v) is 8.38. The quantitative estimate of drug-likeness (QED) is 0.678. The molecule has 0 aromatic heterocycles. The Bertz CT molecular complexity index is 382. The minimum atomic E-state index is -2.93. The molecule has 0 aromatic carbocycles. The molecular weight excluding hydrogens is 294 g/mol. The van der Waals surface area contributed by atoms with Crippen LogP contribution in [-0.2, 0) is 14.6 Å². The van der Waals surface area contributed by atoms with Crippen LogP contribution in [-0.4, -0.2) is 48.1 Å². The molecule has 0 N–H and O–H groups in total. The van der Waals surface area contributed by atoms with Crippen LogP contribution in [0.2, 0.25) is 0 Å². The summed E-state index contributed by atoms with van der Waals surface area (Å²) in [6.07, 6.45) is 3.32. The molecule has 2 aliphatic rings. The zero-order chi connectivity index (χ0) is 11.8. The molecule has 2 aliphatic heterocycles. The van der Waals surface area contributed by atoms with Gasteiger partial charge < -0.3 is 4.90 Å². The Morgan fingerprint density at radius 1 is 1.25 bits per heavy atom. The largest absolute Gasteiger partial charge is 0.338 e. The normalized spacial score (nSPS) is 35.1. The number of hydrogen-bond donors (Lipinski definition) is 0. The zero-order valence-corrected chi connectivity index (χ0v) is 11.5. The van der Waals surface area contributed by atoms with Crippen LogP contribution in [0.3, 0.4) is 0 Å². The fraction of sp³-hybridized carbons (Fsp3) is 0.900. The van der Waals surface area contributed by atoms with E-state index in [4.69, 9.17) is 0 Å². The predicted molar refractivity (Wildman–Crippen MR) is 65.3 cm³/mol. The Morgan fingerprint density at radius 2 is 2.00 bits per heavy atom. The lowest BCUT2D eigenvalue weighted by Gasteiger charge is -2.38. The summed E-state index contributed by atoms with van der Waals surface area (Å²) in [5.74, 6) is 0.496. The van der Waals surface area contributed by atoms with Crippen molar-refractivity contribution in [3.63, 3.8) is 0 Å². The van der Waals surface area contributed by atoms with E-state index in [-0.39, 0.29) is 28.3 Å². The third-order valence-electron chi connectivity index (χ3n) is 3.29. The SMILES string of the molecule is O=C1C(Br)CCCN1C1CCCS(=O)(=O)C1. The molecule has 2 fully saturated rings. The highest BCUT2D eigenvalue weighted by Crippen LogP contribution is 2.25. The van der Waals surface area contributed by atoms with E-state index in [1.807, 2.05) is 0 Å². The Hall–Kier alpha value is -0.100. The van der Waals surface area contributed by atoms with Gasteiger partial charge in [-0.25, -0.2) is 8.42 Å². The van der Waals surface area contributed by atoms with Crippen LogP contribution >= 0.6 is 15.9 Å². The van der Waals surface area contributed by atoms with Crippen molar-refractivity contribution in [1.82, 2.24) is 4.90 Å². The van der Waals surface area contributed by atoms with E-state index in [0.717, 1.165) is 19.3 Å². The number of carbonyl (C=O) groups excluding carboxylic acids is 1. The van der Waals surface area contributed by atoms with Crippen molar-refractivity contribution in [2.24, 2.45) is 0 Å². The van der Waals surface area contributed by atoms with Gasteiger partial charge in [-0.2, -0.15) is 0 Å². The number of carbonyl (C=O) groups is 1. The smallest absolute Gasteiger partial charge is 0.236 e. The van der Waals surface area contributed by atoms with E-state index in [1.165, 1.54) is 0 Å². The third-order valence-corrected chi connectivity index (χ3v) is 5.94. The minimum absolute atomic E-state index is 0.0633. The number of alkyl halides is 1. The van der Waals surface area contributed by atoms with Crippen LogP contribution in [0.25, 0.3) is 0 Å². The average molecular weight is 310 g/mol. The number of piperidine rings is 1. The number of nitrogens with zero attached hydrogens (tertiary/aromatic N) is 1. The molecule has 2 saturated heterocycles.